The molecule has 1 N–H and O–H groups in total. The molecule has 0 aliphatic heterocycles. The van der Waals surface area contributed by atoms with E-state index in [4.69, 9.17) is 4.98 Å². The van der Waals surface area contributed by atoms with Gasteiger partial charge in [-0.2, -0.15) is 0 Å². The van der Waals surface area contributed by atoms with Gasteiger partial charge in [-0.25, -0.2) is 9.37 Å². The quantitative estimate of drug-likeness (QED) is 0.870. The molecule has 0 spiro atoms. The third kappa shape index (κ3) is 3.01. The Morgan fingerprint density at radius 3 is 2.52 bits per heavy atom. The summed E-state index contributed by atoms with van der Waals surface area (Å²) in [4.78, 5) is 6.15. The van der Waals surface area contributed by atoms with Crippen LogP contribution in [-0.2, 0) is 0 Å². The van der Waals surface area contributed by atoms with E-state index < -0.39 is 0 Å². The molecule has 1 heterocycles. The highest BCUT2D eigenvalue weighted by Crippen LogP contribution is 2.42. The maximum absolute atomic E-state index is 13.2. The van der Waals surface area contributed by atoms with Gasteiger partial charge in [0.25, 0.3) is 0 Å². The van der Waals surface area contributed by atoms with E-state index in [1.54, 1.807) is 11.3 Å². The van der Waals surface area contributed by atoms with Crippen molar-refractivity contribution in [1.82, 2.24) is 10.3 Å². The molecule has 1 aliphatic rings. The second-order valence-electron chi connectivity index (χ2n) is 5.77. The van der Waals surface area contributed by atoms with Gasteiger partial charge in [0.15, 0.2) is 0 Å². The molecule has 0 saturated heterocycles. The van der Waals surface area contributed by atoms with E-state index in [-0.39, 0.29) is 11.9 Å². The molecule has 0 bridgehead atoms. The summed E-state index contributed by atoms with van der Waals surface area (Å²) in [5, 5.41) is 4.38. The van der Waals surface area contributed by atoms with Crippen molar-refractivity contribution in [3.05, 3.63) is 40.8 Å². The van der Waals surface area contributed by atoms with E-state index in [0.717, 1.165) is 10.6 Å². The highest BCUT2D eigenvalue weighted by Gasteiger charge is 2.25. The topological polar surface area (TPSA) is 24.9 Å². The lowest BCUT2D eigenvalue weighted by Gasteiger charge is -2.09. The van der Waals surface area contributed by atoms with Crippen molar-refractivity contribution in [2.45, 2.75) is 44.6 Å². The molecule has 112 valence electrons. The summed E-state index contributed by atoms with van der Waals surface area (Å²) in [6.45, 7) is 2.13. The molecule has 1 aromatic heterocycles. The van der Waals surface area contributed by atoms with Gasteiger partial charge in [-0.3, -0.25) is 0 Å². The largest absolute Gasteiger partial charge is 0.311 e. The molecule has 1 aliphatic carbocycles. The molecule has 0 unspecified atom stereocenters. The summed E-state index contributed by atoms with van der Waals surface area (Å²) in [5.74, 6) is 0.383. The number of halogens is 1. The van der Waals surface area contributed by atoms with Gasteiger partial charge in [0.05, 0.1) is 16.6 Å². The van der Waals surface area contributed by atoms with Crippen LogP contribution in [0.25, 0.3) is 10.4 Å². The zero-order valence-corrected chi connectivity index (χ0v) is 13.3. The fourth-order valence-corrected chi connectivity index (χ4v) is 4.16. The first kappa shape index (κ1) is 14.7. The normalized spacial score (nSPS) is 17.3. The highest BCUT2D eigenvalue weighted by molar-refractivity contribution is 7.15. The predicted octanol–water partition coefficient (Wildman–Crippen LogP) is 4.89. The summed E-state index contributed by atoms with van der Waals surface area (Å²) in [6.07, 6.45) is 5.04. The van der Waals surface area contributed by atoms with Gasteiger partial charge in [-0.05, 0) is 44.5 Å². The summed E-state index contributed by atoms with van der Waals surface area (Å²) < 4.78 is 13.2. The van der Waals surface area contributed by atoms with Crippen LogP contribution in [0.1, 0.15) is 55.3 Å². The van der Waals surface area contributed by atoms with E-state index in [1.165, 1.54) is 48.4 Å². The summed E-state index contributed by atoms with van der Waals surface area (Å²) in [7, 11) is 1.96. The van der Waals surface area contributed by atoms with Gasteiger partial charge >= 0.3 is 0 Å². The van der Waals surface area contributed by atoms with E-state index >= 15 is 0 Å². The van der Waals surface area contributed by atoms with Crippen molar-refractivity contribution in [2.24, 2.45) is 0 Å². The molecule has 21 heavy (non-hydrogen) atoms. The monoisotopic (exact) mass is 304 g/mol. The molecule has 1 atom stereocenters. The molecule has 3 rings (SSSR count). The number of rotatable bonds is 4. The van der Waals surface area contributed by atoms with Gasteiger partial charge in [-0.1, -0.05) is 25.0 Å². The minimum Gasteiger partial charge on any atom is -0.311 e. The van der Waals surface area contributed by atoms with Crippen LogP contribution in [0.5, 0.6) is 0 Å². The Kier molecular flexibility index (Phi) is 4.36. The average molecular weight is 304 g/mol. The molecule has 4 heteroatoms. The standard InChI is InChI=1S/C17H21FN2S/c1-11(19-2)17-20-15(12-5-3-4-6-12)16(21-17)13-7-9-14(18)10-8-13/h7-12,19H,3-6H2,1-2H3/t11-/m0/s1. The fourth-order valence-electron chi connectivity index (χ4n) is 2.94. The van der Waals surface area contributed by atoms with Crippen molar-refractivity contribution in [1.29, 1.82) is 0 Å². The number of hydrogen-bond donors (Lipinski definition) is 1. The Bertz CT molecular complexity index is 600. The van der Waals surface area contributed by atoms with Crippen molar-refractivity contribution in [2.75, 3.05) is 7.05 Å². The van der Waals surface area contributed by atoms with Crippen LogP contribution in [0.3, 0.4) is 0 Å². The smallest absolute Gasteiger partial charge is 0.123 e. The lowest BCUT2D eigenvalue weighted by Crippen LogP contribution is -2.12. The molecule has 1 fully saturated rings. The predicted molar refractivity (Wildman–Crippen MR) is 86.2 cm³/mol. The number of thiazole rings is 1. The van der Waals surface area contributed by atoms with E-state index in [9.17, 15) is 4.39 Å². The van der Waals surface area contributed by atoms with Gasteiger partial charge in [-0.15, -0.1) is 11.3 Å². The fraction of sp³-hybridized carbons (Fsp3) is 0.471. The SMILES string of the molecule is CN[C@@H](C)c1nc(C2CCCC2)c(-c2ccc(F)cc2)s1. The molecular formula is C17H21FN2S. The molecule has 1 aromatic carbocycles. The van der Waals surface area contributed by atoms with Crippen molar-refractivity contribution >= 4 is 11.3 Å². The van der Waals surface area contributed by atoms with Crippen molar-refractivity contribution < 1.29 is 4.39 Å². The maximum atomic E-state index is 13.2. The molecule has 0 radical (unpaired) electrons. The summed E-state index contributed by atoms with van der Waals surface area (Å²) in [6, 6.07) is 7.07. The summed E-state index contributed by atoms with van der Waals surface area (Å²) >= 11 is 1.74. The first-order valence-electron chi connectivity index (χ1n) is 7.63. The van der Waals surface area contributed by atoms with Crippen LogP contribution in [0.15, 0.2) is 24.3 Å². The van der Waals surface area contributed by atoms with Crippen molar-refractivity contribution in [3.63, 3.8) is 0 Å². The number of nitrogens with one attached hydrogen (secondary N) is 1. The molecular weight excluding hydrogens is 283 g/mol. The molecule has 1 saturated carbocycles. The minimum absolute atomic E-state index is 0.186. The van der Waals surface area contributed by atoms with Crippen LogP contribution in [-0.4, -0.2) is 12.0 Å². The van der Waals surface area contributed by atoms with Gasteiger partial charge in [0, 0.05) is 5.92 Å². The third-order valence-electron chi connectivity index (χ3n) is 4.32. The van der Waals surface area contributed by atoms with Gasteiger partial charge in [0.2, 0.25) is 0 Å². The van der Waals surface area contributed by atoms with Crippen LogP contribution in [0.2, 0.25) is 0 Å². The highest BCUT2D eigenvalue weighted by atomic mass is 32.1. The Morgan fingerprint density at radius 1 is 1.24 bits per heavy atom. The third-order valence-corrected chi connectivity index (χ3v) is 5.62. The van der Waals surface area contributed by atoms with Crippen LogP contribution >= 0.6 is 11.3 Å². The number of nitrogens with zero attached hydrogens (tertiary/aromatic N) is 1. The molecule has 2 nitrogen and oxygen atoms in total. The summed E-state index contributed by atoms with van der Waals surface area (Å²) in [5.41, 5.74) is 2.31. The Hall–Kier alpha value is -1.26. The first-order chi connectivity index (χ1) is 10.2. The van der Waals surface area contributed by atoms with Gasteiger partial charge in [0.1, 0.15) is 10.8 Å². The molecule has 2 aromatic rings. The number of benzene rings is 1. The second-order valence-corrected chi connectivity index (χ2v) is 6.80. The van der Waals surface area contributed by atoms with E-state index in [0.29, 0.717) is 5.92 Å². The molecule has 0 amide bonds. The van der Waals surface area contributed by atoms with E-state index in [1.807, 2.05) is 19.2 Å². The van der Waals surface area contributed by atoms with E-state index in [2.05, 4.69) is 12.2 Å². The Morgan fingerprint density at radius 2 is 1.90 bits per heavy atom. The lowest BCUT2D eigenvalue weighted by molar-refractivity contribution is 0.628. The lowest BCUT2D eigenvalue weighted by atomic mass is 10.00. The van der Waals surface area contributed by atoms with Crippen molar-refractivity contribution in [3.8, 4) is 10.4 Å². The number of hydrogen-bond acceptors (Lipinski definition) is 3. The Balaban J connectivity index is 2.03. The minimum atomic E-state index is -0.186. The number of aromatic nitrogens is 1. The Labute approximate surface area is 129 Å². The van der Waals surface area contributed by atoms with Crippen LogP contribution < -0.4 is 5.32 Å². The maximum Gasteiger partial charge on any atom is 0.123 e. The van der Waals surface area contributed by atoms with Crippen LogP contribution in [0.4, 0.5) is 4.39 Å². The average Bonchev–Trinajstić information content (AvgIpc) is 3.16. The van der Waals surface area contributed by atoms with Gasteiger partial charge < -0.3 is 5.32 Å². The zero-order chi connectivity index (χ0) is 14.8. The van der Waals surface area contributed by atoms with Crippen LogP contribution in [0, 0.1) is 5.82 Å². The zero-order valence-electron chi connectivity index (χ0n) is 12.5. The second kappa shape index (κ2) is 6.24. The first-order valence-corrected chi connectivity index (χ1v) is 8.44.